The van der Waals surface area contributed by atoms with Gasteiger partial charge in [-0.15, -0.1) is 5.73 Å². The minimum Gasteiger partial charge on any atom is -0.465 e. The van der Waals surface area contributed by atoms with Gasteiger partial charge in [0.2, 0.25) is 0 Å². The van der Waals surface area contributed by atoms with Crippen LogP contribution in [0.3, 0.4) is 0 Å². The lowest BCUT2D eigenvalue weighted by atomic mass is 9.76. The first-order chi connectivity index (χ1) is 21.3. The van der Waals surface area contributed by atoms with E-state index in [1.165, 1.54) is 71.8 Å². The Morgan fingerprint density at radius 3 is 2.27 bits per heavy atom. The van der Waals surface area contributed by atoms with Gasteiger partial charge in [0.15, 0.2) is 0 Å². The van der Waals surface area contributed by atoms with Crippen LogP contribution >= 0.6 is 0 Å². The maximum atomic E-state index is 5.70. The molecule has 3 aliphatic rings. The van der Waals surface area contributed by atoms with Gasteiger partial charge in [-0.3, -0.25) is 0 Å². The first-order valence-electron chi connectivity index (χ1n) is 16.9. The van der Waals surface area contributed by atoms with Crippen LogP contribution in [0.4, 0.5) is 0 Å². The minimum atomic E-state index is 0.352. The van der Waals surface area contributed by atoms with Crippen molar-refractivity contribution in [3.63, 3.8) is 0 Å². The number of ether oxygens (including phenoxy) is 1. The number of allylic oxidation sites excluding steroid dienone is 7. The van der Waals surface area contributed by atoms with Crippen LogP contribution in [0.15, 0.2) is 115 Å². The molecular weight excluding hydrogens is 532 g/mol. The Balaban J connectivity index is 1.04. The van der Waals surface area contributed by atoms with Crippen molar-refractivity contribution in [3.8, 4) is 0 Å². The molecule has 1 atom stereocenters. The molecule has 1 unspecified atom stereocenters. The first kappa shape index (κ1) is 31.9. The summed E-state index contributed by atoms with van der Waals surface area (Å²) in [5, 5.41) is 0. The van der Waals surface area contributed by atoms with Gasteiger partial charge in [0.25, 0.3) is 0 Å². The lowest BCUT2D eigenvalue weighted by Crippen LogP contribution is -2.17. The van der Waals surface area contributed by atoms with E-state index in [4.69, 9.17) is 4.74 Å². The molecule has 1 nitrogen and oxygen atoms in total. The molecule has 230 valence electrons. The average Bonchev–Trinajstić information content (AvgIpc) is 3.17. The molecular formula is C43H52O. The molecule has 1 heteroatoms. The Labute approximate surface area is 267 Å². The fourth-order valence-corrected chi connectivity index (χ4v) is 7.21. The number of benzene rings is 2. The molecule has 0 amide bonds. The molecule has 0 heterocycles. The standard InChI is InChI=1S/C43H52O/c1-6-44-42-13-9-10-39(40-11-7-8-12-41(40)42)30-37-22-20-36(21-23-37)29-35-18-16-33(17-19-35)15-14-32(2)28-34-24-26-38(27-25-34)31-43(3,4)5/h6-9,11-13,16-19,24,26-27,34,36-37H,1-2,14-15,20-23,25,28-31H2,3-5H3. The fraction of sp³-hybridized carbons (Fsp3) is 0.419. The maximum Gasteiger partial charge on any atom is 0.134 e. The maximum absolute atomic E-state index is 5.70. The summed E-state index contributed by atoms with van der Waals surface area (Å²) < 4.78 is 5.70. The van der Waals surface area contributed by atoms with E-state index < -0.39 is 0 Å². The molecule has 0 radical (unpaired) electrons. The molecule has 0 spiro atoms. The van der Waals surface area contributed by atoms with E-state index in [0.29, 0.717) is 11.3 Å². The SMILES string of the molecule is C=COC1=CC=C=C(CC2CCC(Cc3ccc(CCC(=C)CC4C=CC(CC(C)(C)C)=CC4)cc3)CC2)c2ccccc21. The predicted octanol–water partition coefficient (Wildman–Crippen LogP) is 12.0. The molecule has 0 N–H and O–H groups in total. The van der Waals surface area contributed by atoms with E-state index in [9.17, 15) is 0 Å². The van der Waals surface area contributed by atoms with Gasteiger partial charge in [-0.1, -0.05) is 112 Å². The van der Waals surface area contributed by atoms with Crippen molar-refractivity contribution < 1.29 is 4.74 Å². The lowest BCUT2D eigenvalue weighted by molar-refractivity contribution is 0.277. The number of hydrogen-bond acceptors (Lipinski definition) is 1. The van der Waals surface area contributed by atoms with Crippen LogP contribution in [0.25, 0.3) is 11.3 Å². The quantitative estimate of drug-likeness (QED) is 0.137. The molecule has 0 aliphatic heterocycles. The van der Waals surface area contributed by atoms with Gasteiger partial charge in [0.1, 0.15) is 5.76 Å². The normalized spacial score (nSPS) is 21.4. The summed E-state index contributed by atoms with van der Waals surface area (Å²) in [4.78, 5) is 0. The molecule has 2 aromatic rings. The van der Waals surface area contributed by atoms with Crippen molar-refractivity contribution in [2.24, 2.45) is 23.2 Å². The van der Waals surface area contributed by atoms with Gasteiger partial charge in [0.05, 0.1) is 6.26 Å². The number of aryl methyl sites for hydroxylation is 1. The number of rotatable bonds is 12. The zero-order chi connectivity index (χ0) is 30.9. The van der Waals surface area contributed by atoms with E-state index in [1.807, 2.05) is 12.2 Å². The molecule has 0 bridgehead atoms. The highest BCUT2D eigenvalue weighted by molar-refractivity contribution is 5.80. The van der Waals surface area contributed by atoms with Gasteiger partial charge in [-0.25, -0.2) is 0 Å². The van der Waals surface area contributed by atoms with Crippen molar-refractivity contribution >= 4 is 11.3 Å². The second-order valence-corrected chi connectivity index (χ2v) is 14.6. The molecule has 0 aromatic heterocycles. The third kappa shape index (κ3) is 9.23. The monoisotopic (exact) mass is 584 g/mol. The van der Waals surface area contributed by atoms with Crippen molar-refractivity contribution in [1.82, 2.24) is 0 Å². The molecule has 1 fully saturated rings. The van der Waals surface area contributed by atoms with Crippen LogP contribution < -0.4 is 0 Å². The largest absolute Gasteiger partial charge is 0.465 e. The second kappa shape index (κ2) is 15.0. The average molecular weight is 585 g/mol. The van der Waals surface area contributed by atoms with Crippen molar-refractivity contribution in [3.05, 3.63) is 137 Å². The highest BCUT2D eigenvalue weighted by Gasteiger charge is 2.24. The zero-order valence-electron chi connectivity index (χ0n) is 27.4. The summed E-state index contributed by atoms with van der Waals surface area (Å²) in [7, 11) is 0. The van der Waals surface area contributed by atoms with Crippen LogP contribution in [0.5, 0.6) is 0 Å². The van der Waals surface area contributed by atoms with Crippen LogP contribution in [-0.2, 0) is 17.6 Å². The smallest absolute Gasteiger partial charge is 0.134 e. The van der Waals surface area contributed by atoms with Crippen molar-refractivity contribution in [2.45, 2.75) is 91.4 Å². The Morgan fingerprint density at radius 1 is 0.932 bits per heavy atom. The summed E-state index contributed by atoms with van der Waals surface area (Å²) in [5.41, 5.74) is 13.4. The van der Waals surface area contributed by atoms with E-state index in [2.05, 4.69) is 106 Å². The zero-order valence-corrected chi connectivity index (χ0v) is 27.4. The Hall–Kier alpha value is -3.54. The van der Waals surface area contributed by atoms with Gasteiger partial charge in [-0.05, 0) is 123 Å². The highest BCUT2D eigenvalue weighted by atomic mass is 16.5. The fourth-order valence-electron chi connectivity index (χ4n) is 7.21. The minimum absolute atomic E-state index is 0.352. The van der Waals surface area contributed by atoms with Crippen molar-refractivity contribution in [2.75, 3.05) is 0 Å². The van der Waals surface area contributed by atoms with Gasteiger partial charge < -0.3 is 4.74 Å². The topological polar surface area (TPSA) is 9.23 Å². The van der Waals surface area contributed by atoms with E-state index in [-0.39, 0.29) is 0 Å². The van der Waals surface area contributed by atoms with E-state index in [0.717, 1.165) is 61.7 Å². The first-order valence-corrected chi connectivity index (χ1v) is 16.9. The van der Waals surface area contributed by atoms with Gasteiger partial charge in [-0.2, -0.15) is 0 Å². The van der Waals surface area contributed by atoms with Gasteiger partial charge in [0, 0.05) is 11.1 Å². The molecule has 2 aromatic carbocycles. The summed E-state index contributed by atoms with van der Waals surface area (Å²) >= 11 is 0. The lowest BCUT2D eigenvalue weighted by Gasteiger charge is -2.29. The van der Waals surface area contributed by atoms with Crippen LogP contribution in [0, 0.1) is 23.2 Å². The van der Waals surface area contributed by atoms with Crippen LogP contribution in [0.1, 0.15) is 101 Å². The third-order valence-electron chi connectivity index (χ3n) is 9.54. The molecule has 1 saturated carbocycles. The summed E-state index contributed by atoms with van der Waals surface area (Å²) in [6, 6.07) is 18.0. The van der Waals surface area contributed by atoms with E-state index >= 15 is 0 Å². The van der Waals surface area contributed by atoms with Crippen LogP contribution in [-0.4, -0.2) is 0 Å². The highest BCUT2D eigenvalue weighted by Crippen LogP contribution is 2.38. The summed E-state index contributed by atoms with van der Waals surface area (Å²) in [6.45, 7) is 15.1. The molecule has 5 rings (SSSR count). The number of fused-ring (bicyclic) bond motifs is 1. The molecule has 3 aliphatic carbocycles. The Kier molecular flexibility index (Phi) is 10.8. The number of hydrogen-bond donors (Lipinski definition) is 0. The molecule has 0 saturated heterocycles. The molecule has 44 heavy (non-hydrogen) atoms. The summed E-state index contributed by atoms with van der Waals surface area (Å²) in [5.74, 6) is 2.97. The van der Waals surface area contributed by atoms with Crippen molar-refractivity contribution in [1.29, 1.82) is 0 Å². The third-order valence-corrected chi connectivity index (χ3v) is 9.54. The van der Waals surface area contributed by atoms with Gasteiger partial charge >= 0.3 is 0 Å². The summed E-state index contributed by atoms with van der Waals surface area (Å²) in [6.07, 6.45) is 25.9. The Bertz CT molecular complexity index is 1450. The predicted molar refractivity (Wildman–Crippen MR) is 189 cm³/mol. The van der Waals surface area contributed by atoms with Crippen LogP contribution in [0.2, 0.25) is 0 Å². The van der Waals surface area contributed by atoms with E-state index in [1.54, 1.807) is 0 Å². The Morgan fingerprint density at radius 2 is 1.61 bits per heavy atom. The second-order valence-electron chi connectivity index (χ2n) is 14.6.